The highest BCUT2D eigenvalue weighted by molar-refractivity contribution is 6.17. The normalized spacial score (nSPS) is 19.5. The van der Waals surface area contributed by atoms with Crippen LogP contribution in [0.15, 0.2) is 24.4 Å². The number of piperidine rings is 1. The molecule has 1 saturated heterocycles. The molecule has 1 aromatic carbocycles. The van der Waals surface area contributed by atoms with Crippen LogP contribution in [0.2, 0.25) is 0 Å². The zero-order chi connectivity index (χ0) is 25.2. The molecule has 13 heteroatoms. The Morgan fingerprint density at radius 2 is 1.91 bits per heavy atom. The number of amides is 1. The van der Waals surface area contributed by atoms with Crippen molar-refractivity contribution < 1.29 is 41.0 Å². The van der Waals surface area contributed by atoms with E-state index in [0.29, 0.717) is 23.4 Å². The number of aliphatic hydroxyl groups excluding tert-OH is 1. The van der Waals surface area contributed by atoms with E-state index in [2.05, 4.69) is 4.98 Å². The number of benzene rings is 1. The molecule has 6 nitrogen and oxygen atoms in total. The first-order chi connectivity index (χ1) is 16.0. The van der Waals surface area contributed by atoms with Crippen molar-refractivity contribution in [2.75, 3.05) is 18.0 Å². The average molecular weight is 512 g/mol. The molecule has 1 fully saturated rings. The van der Waals surface area contributed by atoms with Crippen LogP contribution < -0.4 is 10.6 Å². The van der Waals surface area contributed by atoms with Gasteiger partial charge in [-0.25, -0.2) is 31.1 Å². The van der Waals surface area contributed by atoms with Crippen molar-refractivity contribution in [3.05, 3.63) is 47.2 Å². The van der Waals surface area contributed by atoms with Gasteiger partial charge >= 0.3 is 6.09 Å². The quantitative estimate of drug-likeness (QED) is 0.413. The van der Waals surface area contributed by atoms with E-state index in [1.54, 1.807) is 0 Å². The number of nitrogens with zero attached hydrogens (tertiary/aromatic N) is 2. The summed E-state index contributed by atoms with van der Waals surface area (Å²) in [6.07, 6.45) is -8.68. The van der Waals surface area contributed by atoms with Gasteiger partial charge in [-0.3, -0.25) is 4.98 Å². The van der Waals surface area contributed by atoms with Gasteiger partial charge in [0.1, 0.15) is 0 Å². The monoisotopic (exact) mass is 511 g/mol. The van der Waals surface area contributed by atoms with Gasteiger partial charge in [0.05, 0.1) is 24.1 Å². The van der Waals surface area contributed by atoms with E-state index in [9.17, 15) is 36.2 Å². The summed E-state index contributed by atoms with van der Waals surface area (Å²) in [6.45, 7) is -0.0992. The van der Waals surface area contributed by atoms with Crippen LogP contribution in [0.4, 0.5) is 36.8 Å². The van der Waals surface area contributed by atoms with Gasteiger partial charge in [-0.05, 0) is 36.6 Å². The highest BCUT2D eigenvalue weighted by Crippen LogP contribution is 2.38. The highest BCUT2D eigenvalue weighted by Gasteiger charge is 2.49. The molecule has 1 aliphatic heterocycles. The number of aromatic nitrogens is 1. The SMILES string of the molecule is NC(=O)OC1(C(O)C(F)F)CCCN(c2cnc(-c3cc(F)c(F)cc3C(F)F)cc2CCl)C1. The van der Waals surface area contributed by atoms with Gasteiger partial charge in [0.15, 0.2) is 23.3 Å². The first-order valence-corrected chi connectivity index (χ1v) is 10.5. The molecule has 2 atom stereocenters. The van der Waals surface area contributed by atoms with Crippen LogP contribution in [0.25, 0.3) is 11.3 Å². The Bertz CT molecular complexity index is 1060. The number of anilines is 1. The number of alkyl halides is 5. The molecule has 1 aliphatic rings. The molecule has 186 valence electrons. The fourth-order valence-corrected chi connectivity index (χ4v) is 4.28. The molecule has 0 saturated carbocycles. The van der Waals surface area contributed by atoms with Crippen LogP contribution in [0, 0.1) is 11.6 Å². The summed E-state index contributed by atoms with van der Waals surface area (Å²) >= 11 is 6.03. The van der Waals surface area contributed by atoms with E-state index < -0.39 is 47.8 Å². The van der Waals surface area contributed by atoms with Crippen LogP contribution in [0.5, 0.6) is 0 Å². The number of nitrogens with two attached hydrogens (primary N) is 1. The largest absolute Gasteiger partial charge is 0.438 e. The number of pyridine rings is 1. The Balaban J connectivity index is 2.02. The summed E-state index contributed by atoms with van der Waals surface area (Å²) in [5, 5.41) is 10.1. The highest BCUT2D eigenvalue weighted by atomic mass is 35.5. The third-order valence-corrected chi connectivity index (χ3v) is 5.91. The molecule has 1 amide bonds. The van der Waals surface area contributed by atoms with Crippen LogP contribution in [-0.4, -0.2) is 47.4 Å². The fraction of sp³-hybridized carbons (Fsp3) is 0.429. The van der Waals surface area contributed by atoms with Gasteiger partial charge in [-0.2, -0.15) is 0 Å². The van der Waals surface area contributed by atoms with Crippen LogP contribution in [0.3, 0.4) is 0 Å². The second kappa shape index (κ2) is 10.3. The number of ether oxygens (including phenoxy) is 1. The number of hydrogen-bond acceptors (Lipinski definition) is 5. The molecular weight excluding hydrogens is 492 g/mol. The predicted octanol–water partition coefficient (Wildman–Crippen LogP) is 4.76. The predicted molar refractivity (Wildman–Crippen MR) is 111 cm³/mol. The van der Waals surface area contributed by atoms with Gasteiger partial charge < -0.3 is 20.5 Å². The lowest BCUT2D eigenvalue weighted by atomic mass is 9.86. The van der Waals surface area contributed by atoms with Crippen LogP contribution >= 0.6 is 11.6 Å². The standard InChI is InChI=1S/C21H20ClF6N3O3/c22-7-10-4-15(11-5-13(23)14(24)6-12(11)18(25)26)30-8-16(10)31-3-1-2-21(9-31,34-20(29)33)17(32)19(27)28/h4-6,8,17-19,32H,1-3,7,9H2,(H2,29,33). The molecule has 2 heterocycles. The summed E-state index contributed by atoms with van der Waals surface area (Å²) in [7, 11) is 0. The number of halogens is 7. The van der Waals surface area contributed by atoms with Crippen LogP contribution in [-0.2, 0) is 10.6 Å². The summed E-state index contributed by atoms with van der Waals surface area (Å²) in [5.74, 6) is -2.97. The van der Waals surface area contributed by atoms with Crippen molar-refractivity contribution in [2.24, 2.45) is 5.73 Å². The first-order valence-electron chi connectivity index (χ1n) is 10.0. The van der Waals surface area contributed by atoms with E-state index in [0.717, 1.165) is 0 Å². The van der Waals surface area contributed by atoms with Gasteiger partial charge in [0.2, 0.25) is 0 Å². The van der Waals surface area contributed by atoms with Gasteiger partial charge in [0, 0.05) is 23.6 Å². The van der Waals surface area contributed by atoms with Crippen molar-refractivity contribution in [1.29, 1.82) is 0 Å². The minimum atomic E-state index is -3.23. The van der Waals surface area contributed by atoms with E-state index >= 15 is 0 Å². The third-order valence-electron chi connectivity index (χ3n) is 5.62. The number of primary amides is 1. The summed E-state index contributed by atoms with van der Waals surface area (Å²) in [6, 6.07) is 2.27. The Morgan fingerprint density at radius 3 is 2.50 bits per heavy atom. The molecule has 2 unspecified atom stereocenters. The number of carbonyl (C=O) groups excluding carboxylic acids is 1. The minimum absolute atomic E-state index is 0.0910. The lowest BCUT2D eigenvalue weighted by Gasteiger charge is -2.45. The maximum absolute atomic E-state index is 13.8. The molecule has 3 N–H and O–H groups in total. The molecule has 0 radical (unpaired) electrons. The number of hydrogen-bond donors (Lipinski definition) is 2. The Labute approximate surface area is 195 Å². The second-order valence-corrected chi connectivity index (χ2v) is 8.04. The third kappa shape index (κ3) is 5.17. The van der Waals surface area contributed by atoms with Crippen molar-refractivity contribution in [3.8, 4) is 11.3 Å². The maximum atomic E-state index is 13.8. The number of rotatable bonds is 7. The molecule has 0 aliphatic carbocycles. The van der Waals surface area contributed by atoms with E-state index in [-0.39, 0.29) is 43.1 Å². The lowest BCUT2D eigenvalue weighted by molar-refractivity contribution is -0.141. The van der Waals surface area contributed by atoms with Crippen molar-refractivity contribution in [3.63, 3.8) is 0 Å². The topological polar surface area (TPSA) is 88.7 Å². The summed E-state index contributed by atoms with van der Waals surface area (Å²) in [4.78, 5) is 16.9. The maximum Gasteiger partial charge on any atom is 0.405 e. The van der Waals surface area contributed by atoms with Crippen molar-refractivity contribution in [1.82, 2.24) is 4.98 Å². The number of aliphatic hydroxyl groups is 1. The second-order valence-electron chi connectivity index (χ2n) is 7.78. The molecule has 0 spiro atoms. The first kappa shape index (κ1) is 25.9. The fourth-order valence-electron chi connectivity index (χ4n) is 4.06. The van der Waals surface area contributed by atoms with Gasteiger partial charge in [-0.15, -0.1) is 11.6 Å². The lowest BCUT2D eigenvalue weighted by Crippen LogP contribution is -2.60. The minimum Gasteiger partial charge on any atom is -0.438 e. The zero-order valence-electron chi connectivity index (χ0n) is 17.5. The zero-order valence-corrected chi connectivity index (χ0v) is 18.2. The molecule has 2 aromatic rings. The van der Waals surface area contributed by atoms with E-state index in [1.165, 1.54) is 17.2 Å². The van der Waals surface area contributed by atoms with Gasteiger partial charge in [0.25, 0.3) is 12.9 Å². The van der Waals surface area contributed by atoms with E-state index in [4.69, 9.17) is 22.1 Å². The smallest absolute Gasteiger partial charge is 0.405 e. The molecule has 0 bridgehead atoms. The number of carbonyl (C=O) groups is 1. The molecular formula is C21H20ClF6N3O3. The van der Waals surface area contributed by atoms with Crippen molar-refractivity contribution in [2.45, 2.75) is 43.3 Å². The van der Waals surface area contributed by atoms with E-state index in [1.807, 2.05) is 0 Å². The molecule has 1 aromatic heterocycles. The van der Waals surface area contributed by atoms with Crippen LogP contribution in [0.1, 0.15) is 30.4 Å². The summed E-state index contributed by atoms with van der Waals surface area (Å²) < 4.78 is 85.7. The van der Waals surface area contributed by atoms with Crippen molar-refractivity contribution >= 4 is 23.4 Å². The molecule has 34 heavy (non-hydrogen) atoms. The molecule has 3 rings (SSSR count). The van der Waals surface area contributed by atoms with Gasteiger partial charge in [-0.1, -0.05) is 0 Å². The summed E-state index contributed by atoms with van der Waals surface area (Å²) in [5.41, 5.74) is 2.40. The Kier molecular flexibility index (Phi) is 7.81. The Morgan fingerprint density at radius 1 is 1.24 bits per heavy atom. The Hall–Kier alpha value is -2.73. The average Bonchev–Trinajstić information content (AvgIpc) is 2.79.